The smallest absolute Gasteiger partial charge is 0.277 e. The van der Waals surface area contributed by atoms with Crippen LogP contribution in [0.1, 0.15) is 17.7 Å². The van der Waals surface area contributed by atoms with Crippen molar-refractivity contribution in [3.8, 4) is 27.7 Å². The van der Waals surface area contributed by atoms with Crippen molar-refractivity contribution in [3.63, 3.8) is 0 Å². The molecule has 0 radical (unpaired) electrons. The van der Waals surface area contributed by atoms with E-state index in [1.54, 1.807) is 18.4 Å². The van der Waals surface area contributed by atoms with E-state index in [0.717, 1.165) is 52.9 Å². The molecule has 0 aliphatic carbocycles. The molecule has 2 aromatic carbocycles. The molecule has 0 bridgehead atoms. The van der Waals surface area contributed by atoms with Crippen LogP contribution in [0.2, 0.25) is 0 Å². The Kier molecular flexibility index (Phi) is 8.02. The number of methoxy groups -OCH3 is 1. The molecule has 1 unspecified atom stereocenters. The molecular weight excluding hydrogens is 506 g/mol. The van der Waals surface area contributed by atoms with Crippen LogP contribution in [0.15, 0.2) is 72.1 Å². The van der Waals surface area contributed by atoms with Crippen LogP contribution < -0.4 is 14.2 Å². The Balaban J connectivity index is 1.20. The first-order valence-electron chi connectivity index (χ1n) is 12.3. The average molecular weight is 538 g/mol. The molecule has 5 rings (SSSR count). The fraction of sp³-hybridized carbons (Fsp3) is 0.296. The minimum atomic E-state index is -3.63. The number of nitrogens with zero attached hydrogens (tertiary/aromatic N) is 2. The molecule has 1 atom stereocenters. The van der Waals surface area contributed by atoms with Gasteiger partial charge in [-0.1, -0.05) is 36.4 Å². The van der Waals surface area contributed by atoms with Crippen LogP contribution in [0.5, 0.6) is 5.75 Å². The largest absolute Gasteiger partial charge is 0.497 e. The molecule has 2 aromatic heterocycles. The number of H-pyrrole nitrogens is 1. The van der Waals surface area contributed by atoms with Gasteiger partial charge in [-0.05, 0) is 47.7 Å². The fourth-order valence-electron chi connectivity index (χ4n) is 4.60. The Morgan fingerprint density at radius 1 is 1.11 bits per heavy atom. The summed E-state index contributed by atoms with van der Waals surface area (Å²) in [7, 11) is -2.00. The summed E-state index contributed by atoms with van der Waals surface area (Å²) >= 11 is 1.61. The van der Waals surface area contributed by atoms with Crippen molar-refractivity contribution in [1.29, 1.82) is 0 Å². The van der Waals surface area contributed by atoms with E-state index in [0.29, 0.717) is 13.0 Å². The number of rotatable bonds is 11. The highest BCUT2D eigenvalue weighted by Crippen LogP contribution is 2.29. The summed E-state index contributed by atoms with van der Waals surface area (Å²) in [5.41, 5.74) is 3.89. The number of imidazole rings is 1. The van der Waals surface area contributed by atoms with Crippen LogP contribution in [-0.2, 0) is 23.2 Å². The zero-order valence-electron chi connectivity index (χ0n) is 20.7. The second kappa shape index (κ2) is 11.6. The maximum Gasteiger partial charge on any atom is 0.277 e. The monoisotopic (exact) mass is 537 g/mol. The van der Waals surface area contributed by atoms with Crippen LogP contribution in [0, 0.1) is 0 Å². The average Bonchev–Trinajstić information content (AvgIpc) is 3.66. The third-order valence-electron chi connectivity index (χ3n) is 6.41. The molecule has 8 nitrogen and oxygen atoms in total. The Bertz CT molecular complexity index is 1390. The van der Waals surface area contributed by atoms with Gasteiger partial charge in [-0.2, -0.15) is 13.1 Å². The molecule has 4 aromatic rings. The summed E-state index contributed by atoms with van der Waals surface area (Å²) < 4.78 is 36.4. The van der Waals surface area contributed by atoms with Crippen LogP contribution in [0.4, 0.5) is 0 Å². The van der Waals surface area contributed by atoms with Crippen LogP contribution in [0.25, 0.3) is 22.0 Å². The third kappa shape index (κ3) is 6.65. The minimum absolute atomic E-state index is 0.105. The second-order valence-electron chi connectivity index (χ2n) is 9.08. The predicted molar refractivity (Wildman–Crippen MR) is 148 cm³/mol. The van der Waals surface area contributed by atoms with Gasteiger partial charge in [0.1, 0.15) is 11.6 Å². The quantitative estimate of drug-likeness (QED) is 0.268. The first-order chi connectivity index (χ1) is 18.0. The Labute approximate surface area is 221 Å². The highest BCUT2D eigenvalue weighted by Gasteiger charge is 2.26. The summed E-state index contributed by atoms with van der Waals surface area (Å²) in [4.78, 5) is 11.5. The maximum atomic E-state index is 12.8. The van der Waals surface area contributed by atoms with Crippen molar-refractivity contribution in [3.05, 3.63) is 83.4 Å². The molecular formula is C27H31N5O3S2. The summed E-state index contributed by atoms with van der Waals surface area (Å²) in [6.07, 6.45) is 1.24. The third-order valence-corrected chi connectivity index (χ3v) is 8.51. The molecule has 37 heavy (non-hydrogen) atoms. The van der Waals surface area contributed by atoms with E-state index in [9.17, 15) is 8.42 Å². The number of benzene rings is 2. The predicted octanol–water partition coefficient (Wildman–Crippen LogP) is 4.05. The Hall–Kier alpha value is -3.02. The van der Waals surface area contributed by atoms with Crippen LogP contribution in [-0.4, -0.2) is 56.1 Å². The molecule has 1 fully saturated rings. The Morgan fingerprint density at radius 3 is 2.65 bits per heavy atom. The maximum absolute atomic E-state index is 12.8. The molecule has 0 saturated carbocycles. The number of thiophene rings is 1. The first-order valence-corrected chi connectivity index (χ1v) is 14.7. The van der Waals surface area contributed by atoms with E-state index >= 15 is 0 Å². The second-order valence-corrected chi connectivity index (χ2v) is 11.6. The van der Waals surface area contributed by atoms with Gasteiger partial charge in [0.15, 0.2) is 0 Å². The number of ether oxygens (including phenoxy) is 1. The van der Waals surface area contributed by atoms with E-state index in [1.807, 2.05) is 60.0 Å². The van der Waals surface area contributed by atoms with Gasteiger partial charge in [-0.15, -0.1) is 11.3 Å². The summed E-state index contributed by atoms with van der Waals surface area (Å²) in [5.74, 6) is 1.55. The first kappa shape index (κ1) is 25.6. The van der Waals surface area contributed by atoms with Gasteiger partial charge in [0, 0.05) is 44.2 Å². The molecule has 1 aliphatic heterocycles. The van der Waals surface area contributed by atoms with Crippen molar-refractivity contribution in [2.75, 3.05) is 26.7 Å². The van der Waals surface area contributed by atoms with E-state index < -0.39 is 10.2 Å². The molecule has 3 N–H and O–H groups in total. The number of nitrogens with one attached hydrogen (secondary N) is 3. The van der Waals surface area contributed by atoms with Gasteiger partial charge in [0.25, 0.3) is 10.2 Å². The lowest BCUT2D eigenvalue weighted by Crippen LogP contribution is -2.44. The van der Waals surface area contributed by atoms with Crippen molar-refractivity contribution < 1.29 is 13.2 Å². The van der Waals surface area contributed by atoms with E-state index in [1.165, 1.54) is 5.56 Å². The van der Waals surface area contributed by atoms with Gasteiger partial charge in [0.2, 0.25) is 0 Å². The molecule has 10 heteroatoms. The standard InChI is InChI=1S/C27H31N5O3S2/c1-35-23-11-9-21(10-12-23)26-24(29-27(30-26)25-8-5-17-36-25)13-15-28-37(33,34)31-22-14-16-32(19-22)18-20-6-3-2-4-7-20/h2-12,17,22,28,31H,13-16,18-19H2,1H3,(H,29,30). The zero-order valence-corrected chi connectivity index (χ0v) is 22.3. The van der Waals surface area contributed by atoms with E-state index in [4.69, 9.17) is 9.72 Å². The normalized spacial score (nSPS) is 16.3. The van der Waals surface area contributed by atoms with Gasteiger partial charge in [0.05, 0.1) is 23.4 Å². The molecule has 0 spiro atoms. The molecule has 1 aliphatic rings. The molecule has 1 saturated heterocycles. The topological polar surface area (TPSA) is 99.3 Å². The van der Waals surface area contributed by atoms with Crippen molar-refractivity contribution >= 4 is 21.5 Å². The van der Waals surface area contributed by atoms with Gasteiger partial charge in [-0.25, -0.2) is 9.71 Å². The fourth-order valence-corrected chi connectivity index (χ4v) is 6.35. The van der Waals surface area contributed by atoms with Crippen molar-refractivity contribution in [1.82, 2.24) is 24.3 Å². The van der Waals surface area contributed by atoms with E-state index in [2.05, 4.69) is 31.5 Å². The summed E-state index contributed by atoms with van der Waals surface area (Å²) in [6, 6.07) is 21.9. The highest BCUT2D eigenvalue weighted by atomic mass is 32.2. The summed E-state index contributed by atoms with van der Waals surface area (Å²) in [5, 5.41) is 2.01. The lowest BCUT2D eigenvalue weighted by molar-refractivity contribution is 0.324. The lowest BCUT2D eigenvalue weighted by Gasteiger charge is -2.17. The highest BCUT2D eigenvalue weighted by molar-refractivity contribution is 7.87. The molecule has 3 heterocycles. The SMILES string of the molecule is COc1ccc(-c2[nH]c(-c3cccs3)nc2CCNS(=O)(=O)NC2CCN(Cc3ccccc3)C2)cc1. The molecule has 0 amide bonds. The van der Waals surface area contributed by atoms with Crippen molar-refractivity contribution in [2.24, 2.45) is 0 Å². The number of likely N-dealkylation sites (tertiary alicyclic amines) is 1. The number of hydrogen-bond acceptors (Lipinski definition) is 6. The lowest BCUT2D eigenvalue weighted by atomic mass is 10.1. The number of aromatic nitrogens is 2. The van der Waals surface area contributed by atoms with Crippen LogP contribution in [0.3, 0.4) is 0 Å². The van der Waals surface area contributed by atoms with Gasteiger partial charge in [-0.3, -0.25) is 4.90 Å². The minimum Gasteiger partial charge on any atom is -0.497 e. The molecule has 194 valence electrons. The van der Waals surface area contributed by atoms with E-state index in [-0.39, 0.29) is 12.6 Å². The van der Waals surface area contributed by atoms with Crippen LogP contribution >= 0.6 is 11.3 Å². The Morgan fingerprint density at radius 2 is 1.92 bits per heavy atom. The number of hydrogen-bond donors (Lipinski definition) is 3. The zero-order chi connectivity index (χ0) is 25.7. The van der Waals surface area contributed by atoms with Gasteiger partial charge < -0.3 is 9.72 Å². The number of aromatic amines is 1. The van der Waals surface area contributed by atoms with Gasteiger partial charge >= 0.3 is 0 Å². The summed E-state index contributed by atoms with van der Waals surface area (Å²) in [6.45, 7) is 2.63. The van der Waals surface area contributed by atoms with Crippen molar-refractivity contribution in [2.45, 2.75) is 25.4 Å².